The topological polar surface area (TPSA) is 28.2 Å². The normalized spacial score (nSPS) is 21.3. The zero-order valence-corrected chi connectivity index (χ0v) is 12.0. The van der Waals surface area contributed by atoms with E-state index in [9.17, 15) is 0 Å². The second kappa shape index (κ2) is 5.70. The van der Waals surface area contributed by atoms with E-state index in [1.165, 1.54) is 36.9 Å². The van der Waals surface area contributed by atoms with Gasteiger partial charge in [0.1, 0.15) is 5.82 Å². The van der Waals surface area contributed by atoms with Crippen LogP contribution in [-0.2, 0) is 0 Å². The van der Waals surface area contributed by atoms with Crippen molar-refractivity contribution in [2.75, 3.05) is 18.9 Å². The standard InChI is InChI=1S/C15H25N3/c1-11(2)18-8-6-5-7-14(18)13-10-17-15(16-4)9-12(13)3/h9-11,14H,5-8H2,1-4H3,(H,16,17)/t14-/m0/s1. The molecule has 3 nitrogen and oxygen atoms in total. The molecule has 18 heavy (non-hydrogen) atoms. The second-order valence-electron chi connectivity index (χ2n) is 5.52. The molecule has 1 atom stereocenters. The van der Waals surface area contributed by atoms with Crippen LogP contribution in [0.1, 0.15) is 50.3 Å². The molecule has 0 aliphatic carbocycles. The number of rotatable bonds is 3. The van der Waals surface area contributed by atoms with Gasteiger partial charge in [-0.25, -0.2) is 4.98 Å². The van der Waals surface area contributed by atoms with Crippen LogP contribution >= 0.6 is 0 Å². The first-order chi connectivity index (χ1) is 8.63. The van der Waals surface area contributed by atoms with Gasteiger partial charge in [0, 0.05) is 25.3 Å². The Kier molecular flexibility index (Phi) is 4.23. The summed E-state index contributed by atoms with van der Waals surface area (Å²) in [6, 6.07) is 3.32. The van der Waals surface area contributed by atoms with Gasteiger partial charge in [0.15, 0.2) is 0 Å². The highest BCUT2D eigenvalue weighted by molar-refractivity contribution is 5.41. The molecule has 0 aromatic carbocycles. The summed E-state index contributed by atoms with van der Waals surface area (Å²) in [6.07, 6.45) is 5.99. The van der Waals surface area contributed by atoms with Gasteiger partial charge in [-0.1, -0.05) is 6.42 Å². The van der Waals surface area contributed by atoms with Crippen molar-refractivity contribution >= 4 is 5.82 Å². The number of anilines is 1. The van der Waals surface area contributed by atoms with Crippen molar-refractivity contribution in [1.82, 2.24) is 9.88 Å². The van der Waals surface area contributed by atoms with Crippen LogP contribution < -0.4 is 5.32 Å². The van der Waals surface area contributed by atoms with E-state index < -0.39 is 0 Å². The van der Waals surface area contributed by atoms with Crippen molar-refractivity contribution in [3.63, 3.8) is 0 Å². The molecule has 2 rings (SSSR count). The maximum Gasteiger partial charge on any atom is 0.125 e. The predicted molar refractivity (Wildman–Crippen MR) is 77.0 cm³/mol. The number of nitrogens with zero attached hydrogens (tertiary/aromatic N) is 2. The minimum Gasteiger partial charge on any atom is -0.373 e. The summed E-state index contributed by atoms with van der Waals surface area (Å²) in [6.45, 7) is 8.01. The number of nitrogens with one attached hydrogen (secondary N) is 1. The van der Waals surface area contributed by atoms with Crippen LogP contribution in [0.4, 0.5) is 5.82 Å². The Morgan fingerprint density at radius 1 is 1.39 bits per heavy atom. The van der Waals surface area contributed by atoms with Crippen molar-refractivity contribution in [3.8, 4) is 0 Å². The average Bonchev–Trinajstić information content (AvgIpc) is 2.38. The number of hydrogen-bond donors (Lipinski definition) is 1. The Morgan fingerprint density at radius 3 is 2.78 bits per heavy atom. The molecule has 1 saturated heterocycles. The number of likely N-dealkylation sites (tertiary alicyclic amines) is 1. The first kappa shape index (κ1) is 13.3. The number of aryl methyl sites for hydroxylation is 1. The molecule has 1 aromatic heterocycles. The molecule has 0 radical (unpaired) electrons. The summed E-state index contributed by atoms with van der Waals surface area (Å²) in [5.41, 5.74) is 2.76. The summed E-state index contributed by atoms with van der Waals surface area (Å²) >= 11 is 0. The Labute approximate surface area is 111 Å². The fraction of sp³-hybridized carbons (Fsp3) is 0.667. The third-order valence-electron chi connectivity index (χ3n) is 3.97. The third-order valence-corrected chi connectivity index (χ3v) is 3.97. The predicted octanol–water partition coefficient (Wildman–Crippen LogP) is 3.37. The molecule has 0 amide bonds. The minimum absolute atomic E-state index is 0.553. The van der Waals surface area contributed by atoms with Gasteiger partial charge in [0.2, 0.25) is 0 Å². The lowest BCUT2D eigenvalue weighted by molar-refractivity contribution is 0.111. The SMILES string of the molecule is CNc1cc(C)c([C@@H]2CCCCN2C(C)C)cn1. The molecule has 0 spiro atoms. The lowest BCUT2D eigenvalue weighted by Gasteiger charge is -2.39. The van der Waals surface area contributed by atoms with Crippen molar-refractivity contribution in [2.24, 2.45) is 0 Å². The average molecular weight is 247 g/mol. The van der Waals surface area contributed by atoms with E-state index in [-0.39, 0.29) is 0 Å². The lowest BCUT2D eigenvalue weighted by atomic mass is 9.92. The van der Waals surface area contributed by atoms with Gasteiger partial charge >= 0.3 is 0 Å². The van der Waals surface area contributed by atoms with Gasteiger partial charge < -0.3 is 5.32 Å². The molecule has 0 bridgehead atoms. The molecule has 1 aliphatic rings. The van der Waals surface area contributed by atoms with Crippen molar-refractivity contribution in [1.29, 1.82) is 0 Å². The fourth-order valence-corrected chi connectivity index (χ4v) is 2.96. The number of hydrogen-bond acceptors (Lipinski definition) is 3. The zero-order chi connectivity index (χ0) is 13.1. The Hall–Kier alpha value is -1.09. The summed E-state index contributed by atoms with van der Waals surface area (Å²) in [7, 11) is 1.92. The van der Waals surface area contributed by atoms with Gasteiger partial charge in [-0.05, 0) is 57.4 Å². The third kappa shape index (κ3) is 2.66. The molecule has 1 aromatic rings. The molecule has 0 saturated carbocycles. The van der Waals surface area contributed by atoms with Crippen molar-refractivity contribution in [3.05, 3.63) is 23.4 Å². The highest BCUT2D eigenvalue weighted by Crippen LogP contribution is 2.34. The molecule has 1 aliphatic heterocycles. The van der Waals surface area contributed by atoms with Crippen LogP contribution in [0.15, 0.2) is 12.3 Å². The molecular formula is C15H25N3. The van der Waals surface area contributed by atoms with E-state index in [4.69, 9.17) is 0 Å². The maximum atomic E-state index is 4.49. The highest BCUT2D eigenvalue weighted by atomic mass is 15.2. The van der Waals surface area contributed by atoms with Gasteiger partial charge in [0.25, 0.3) is 0 Å². The van der Waals surface area contributed by atoms with Crippen LogP contribution in [0.5, 0.6) is 0 Å². The molecule has 3 heteroatoms. The van der Waals surface area contributed by atoms with E-state index >= 15 is 0 Å². The van der Waals surface area contributed by atoms with Crippen LogP contribution in [0.25, 0.3) is 0 Å². The monoisotopic (exact) mass is 247 g/mol. The molecule has 0 unspecified atom stereocenters. The maximum absolute atomic E-state index is 4.49. The number of piperidine rings is 1. The largest absolute Gasteiger partial charge is 0.373 e. The second-order valence-corrected chi connectivity index (χ2v) is 5.52. The van der Waals surface area contributed by atoms with E-state index in [0.717, 1.165) is 5.82 Å². The van der Waals surface area contributed by atoms with Crippen LogP contribution in [0.2, 0.25) is 0 Å². The van der Waals surface area contributed by atoms with Crippen LogP contribution in [-0.4, -0.2) is 29.5 Å². The van der Waals surface area contributed by atoms with Crippen molar-refractivity contribution < 1.29 is 0 Å². The van der Waals surface area contributed by atoms with Gasteiger partial charge in [-0.3, -0.25) is 4.90 Å². The number of pyridine rings is 1. The molecule has 1 fully saturated rings. The Balaban J connectivity index is 2.28. The smallest absolute Gasteiger partial charge is 0.125 e. The Bertz CT molecular complexity index is 401. The lowest BCUT2D eigenvalue weighted by Crippen LogP contribution is -2.38. The van der Waals surface area contributed by atoms with Gasteiger partial charge in [0.05, 0.1) is 0 Å². The first-order valence-electron chi connectivity index (χ1n) is 7.03. The Morgan fingerprint density at radius 2 is 2.17 bits per heavy atom. The molecule has 2 heterocycles. The summed E-state index contributed by atoms with van der Waals surface area (Å²) in [5, 5.41) is 3.11. The van der Waals surface area contributed by atoms with E-state index in [1.54, 1.807) is 0 Å². The van der Waals surface area contributed by atoms with E-state index in [1.807, 2.05) is 7.05 Å². The van der Waals surface area contributed by atoms with E-state index in [0.29, 0.717) is 12.1 Å². The van der Waals surface area contributed by atoms with Crippen LogP contribution in [0.3, 0.4) is 0 Å². The first-order valence-corrected chi connectivity index (χ1v) is 7.03. The summed E-state index contributed by atoms with van der Waals surface area (Å²) in [5.74, 6) is 0.961. The molecular weight excluding hydrogens is 222 g/mol. The summed E-state index contributed by atoms with van der Waals surface area (Å²) in [4.78, 5) is 7.11. The molecule has 1 N–H and O–H groups in total. The molecule has 100 valence electrons. The number of aromatic nitrogens is 1. The zero-order valence-electron chi connectivity index (χ0n) is 12.0. The highest BCUT2D eigenvalue weighted by Gasteiger charge is 2.27. The van der Waals surface area contributed by atoms with Gasteiger partial charge in [-0.15, -0.1) is 0 Å². The van der Waals surface area contributed by atoms with Crippen LogP contribution in [0, 0.1) is 6.92 Å². The summed E-state index contributed by atoms with van der Waals surface area (Å²) < 4.78 is 0. The quantitative estimate of drug-likeness (QED) is 0.887. The van der Waals surface area contributed by atoms with E-state index in [2.05, 4.69) is 48.2 Å². The minimum atomic E-state index is 0.553. The fourth-order valence-electron chi connectivity index (χ4n) is 2.96. The van der Waals surface area contributed by atoms with Gasteiger partial charge in [-0.2, -0.15) is 0 Å². The van der Waals surface area contributed by atoms with Crippen molar-refractivity contribution in [2.45, 2.75) is 52.1 Å².